The van der Waals surface area contributed by atoms with Gasteiger partial charge in [-0.05, 0) is 50.6 Å². The molecule has 1 aromatic heterocycles. The third kappa shape index (κ3) is 3.64. The molecule has 0 saturated heterocycles. The van der Waals surface area contributed by atoms with Gasteiger partial charge < -0.3 is 24.1 Å². The van der Waals surface area contributed by atoms with E-state index in [2.05, 4.69) is 48.9 Å². The summed E-state index contributed by atoms with van der Waals surface area (Å²) in [6.45, 7) is 7.28. The minimum atomic E-state index is 0.0637. The van der Waals surface area contributed by atoms with Crippen molar-refractivity contribution < 1.29 is 14.2 Å². The first-order valence-electron chi connectivity index (χ1n) is 9.55. The Labute approximate surface area is 166 Å². The van der Waals surface area contributed by atoms with Crippen molar-refractivity contribution >= 4 is 11.0 Å². The lowest BCUT2D eigenvalue weighted by Crippen LogP contribution is -2.25. The summed E-state index contributed by atoms with van der Waals surface area (Å²) < 4.78 is 18.7. The average molecular weight is 383 g/mol. The molecule has 0 amide bonds. The number of methoxy groups -OCH3 is 3. The Bertz CT molecular complexity index is 926. The highest BCUT2D eigenvalue weighted by Crippen LogP contribution is 2.40. The zero-order valence-corrected chi connectivity index (χ0v) is 17.4. The monoisotopic (exact) mass is 383 g/mol. The van der Waals surface area contributed by atoms with E-state index >= 15 is 0 Å². The largest absolute Gasteiger partial charge is 0.493 e. The molecular formula is C22H29N3O3. The van der Waals surface area contributed by atoms with Crippen LogP contribution in [0.4, 0.5) is 0 Å². The van der Waals surface area contributed by atoms with Crippen LogP contribution in [0.2, 0.25) is 0 Å². The maximum atomic E-state index is 5.49. The molecule has 0 spiro atoms. The number of aryl methyl sites for hydroxylation is 1. The van der Waals surface area contributed by atoms with Crippen molar-refractivity contribution in [2.24, 2.45) is 0 Å². The number of hydrogen-bond acceptors (Lipinski definition) is 5. The van der Waals surface area contributed by atoms with Gasteiger partial charge in [-0.25, -0.2) is 4.98 Å². The molecule has 0 aliphatic carbocycles. The third-order valence-electron chi connectivity index (χ3n) is 5.07. The number of hydrogen-bond donors (Lipinski definition) is 1. The Balaban J connectivity index is 1.90. The number of ether oxygens (including phenoxy) is 3. The molecule has 6 nitrogen and oxygen atoms in total. The molecule has 3 rings (SSSR count). The van der Waals surface area contributed by atoms with Crippen LogP contribution < -0.4 is 19.5 Å². The summed E-state index contributed by atoms with van der Waals surface area (Å²) in [5, 5.41) is 3.65. The van der Waals surface area contributed by atoms with Crippen LogP contribution in [-0.2, 0) is 6.54 Å². The van der Waals surface area contributed by atoms with Crippen LogP contribution in [0.15, 0.2) is 36.4 Å². The molecule has 0 fully saturated rings. The lowest BCUT2D eigenvalue weighted by atomic mass is 10.1. The van der Waals surface area contributed by atoms with E-state index in [0.717, 1.165) is 29.0 Å². The molecule has 0 aliphatic rings. The molecule has 1 heterocycles. The number of nitrogens with zero attached hydrogens (tertiary/aromatic N) is 2. The normalized spacial score (nSPS) is 13.4. The van der Waals surface area contributed by atoms with Crippen molar-refractivity contribution in [3.63, 3.8) is 0 Å². The van der Waals surface area contributed by atoms with Gasteiger partial charge in [0.05, 0.1) is 38.4 Å². The Hall–Kier alpha value is -2.73. The number of para-hydroxylation sites is 2. The first-order chi connectivity index (χ1) is 13.5. The molecule has 150 valence electrons. The van der Waals surface area contributed by atoms with E-state index in [1.165, 1.54) is 0 Å². The van der Waals surface area contributed by atoms with E-state index in [0.29, 0.717) is 17.2 Å². The fraction of sp³-hybridized carbons (Fsp3) is 0.409. The lowest BCUT2D eigenvalue weighted by molar-refractivity contribution is 0.322. The predicted molar refractivity (Wildman–Crippen MR) is 111 cm³/mol. The van der Waals surface area contributed by atoms with Gasteiger partial charge in [-0.1, -0.05) is 12.1 Å². The number of fused-ring (bicyclic) bond motifs is 1. The summed E-state index contributed by atoms with van der Waals surface area (Å²) in [4.78, 5) is 4.86. The summed E-state index contributed by atoms with van der Waals surface area (Å²) in [6, 6.07) is 12.3. The zero-order chi connectivity index (χ0) is 20.3. The fourth-order valence-electron chi connectivity index (χ4n) is 3.65. The van der Waals surface area contributed by atoms with Gasteiger partial charge in [0.1, 0.15) is 5.82 Å². The molecule has 6 heteroatoms. The van der Waals surface area contributed by atoms with E-state index in [4.69, 9.17) is 19.2 Å². The standard InChI is InChI=1S/C22H29N3O3/c1-7-25-18-11-9-8-10-17(18)24-22(25)15(3)23-14(2)16-12-19(26-4)21(28-6)20(13-16)27-5/h8-15,23H,7H2,1-6H3/t14-,15+/m0/s1. The molecule has 28 heavy (non-hydrogen) atoms. The SMILES string of the molecule is CCn1c([C@@H](C)N[C@@H](C)c2cc(OC)c(OC)c(OC)c2)nc2ccccc21. The van der Waals surface area contributed by atoms with E-state index in [9.17, 15) is 0 Å². The Morgan fingerprint density at radius 3 is 2.18 bits per heavy atom. The summed E-state index contributed by atoms with van der Waals surface area (Å²) in [6.07, 6.45) is 0. The number of rotatable bonds is 8. The molecule has 0 bridgehead atoms. The molecule has 2 atom stereocenters. The minimum Gasteiger partial charge on any atom is -0.493 e. The zero-order valence-electron chi connectivity index (χ0n) is 17.4. The van der Waals surface area contributed by atoms with E-state index < -0.39 is 0 Å². The van der Waals surface area contributed by atoms with E-state index in [1.54, 1.807) is 21.3 Å². The van der Waals surface area contributed by atoms with Crippen molar-refractivity contribution in [1.82, 2.24) is 14.9 Å². The highest BCUT2D eigenvalue weighted by molar-refractivity contribution is 5.76. The fourth-order valence-corrected chi connectivity index (χ4v) is 3.65. The number of nitrogens with one attached hydrogen (secondary N) is 1. The third-order valence-corrected chi connectivity index (χ3v) is 5.07. The second-order valence-electron chi connectivity index (χ2n) is 6.77. The summed E-state index contributed by atoms with van der Waals surface area (Å²) in [5.74, 6) is 2.93. The first kappa shape index (κ1) is 20.0. The predicted octanol–water partition coefficient (Wildman–Crippen LogP) is 4.49. The van der Waals surface area contributed by atoms with Crippen molar-refractivity contribution in [3.8, 4) is 17.2 Å². The van der Waals surface area contributed by atoms with Crippen LogP contribution in [0.25, 0.3) is 11.0 Å². The van der Waals surface area contributed by atoms with Gasteiger partial charge in [0.25, 0.3) is 0 Å². The van der Waals surface area contributed by atoms with Gasteiger partial charge in [0.15, 0.2) is 11.5 Å². The van der Waals surface area contributed by atoms with Crippen LogP contribution in [0, 0.1) is 0 Å². The molecule has 3 aromatic rings. The number of aromatic nitrogens is 2. The van der Waals surface area contributed by atoms with Crippen molar-refractivity contribution in [2.75, 3.05) is 21.3 Å². The van der Waals surface area contributed by atoms with Gasteiger partial charge in [-0.15, -0.1) is 0 Å². The van der Waals surface area contributed by atoms with Gasteiger partial charge >= 0.3 is 0 Å². The summed E-state index contributed by atoms with van der Waals surface area (Å²) >= 11 is 0. The number of imidazole rings is 1. The average Bonchev–Trinajstić information content (AvgIpc) is 3.11. The second kappa shape index (κ2) is 8.52. The Morgan fingerprint density at radius 2 is 1.61 bits per heavy atom. The van der Waals surface area contributed by atoms with Crippen LogP contribution >= 0.6 is 0 Å². The maximum Gasteiger partial charge on any atom is 0.203 e. The molecule has 0 radical (unpaired) electrons. The van der Waals surface area contributed by atoms with Gasteiger partial charge in [0, 0.05) is 12.6 Å². The molecular weight excluding hydrogens is 354 g/mol. The summed E-state index contributed by atoms with van der Waals surface area (Å²) in [5.41, 5.74) is 3.24. The molecule has 0 saturated carbocycles. The van der Waals surface area contributed by atoms with E-state index in [-0.39, 0.29) is 12.1 Å². The minimum absolute atomic E-state index is 0.0637. The molecule has 1 N–H and O–H groups in total. The first-order valence-corrected chi connectivity index (χ1v) is 9.55. The van der Waals surface area contributed by atoms with Crippen molar-refractivity contribution in [1.29, 1.82) is 0 Å². The van der Waals surface area contributed by atoms with Gasteiger partial charge in [-0.2, -0.15) is 0 Å². The lowest BCUT2D eigenvalue weighted by Gasteiger charge is -2.22. The van der Waals surface area contributed by atoms with E-state index in [1.807, 2.05) is 18.2 Å². The highest BCUT2D eigenvalue weighted by Gasteiger charge is 2.20. The van der Waals surface area contributed by atoms with Crippen LogP contribution in [-0.4, -0.2) is 30.9 Å². The Morgan fingerprint density at radius 1 is 0.964 bits per heavy atom. The quantitative estimate of drug-likeness (QED) is 0.621. The smallest absolute Gasteiger partial charge is 0.203 e. The van der Waals surface area contributed by atoms with Gasteiger partial charge in [0.2, 0.25) is 5.75 Å². The van der Waals surface area contributed by atoms with Crippen LogP contribution in [0.5, 0.6) is 17.2 Å². The second-order valence-corrected chi connectivity index (χ2v) is 6.77. The topological polar surface area (TPSA) is 57.5 Å². The number of benzene rings is 2. The van der Waals surface area contributed by atoms with Crippen LogP contribution in [0.1, 0.15) is 44.2 Å². The maximum absolute atomic E-state index is 5.49. The summed E-state index contributed by atoms with van der Waals surface area (Å²) in [7, 11) is 4.87. The van der Waals surface area contributed by atoms with Gasteiger partial charge in [-0.3, -0.25) is 0 Å². The Kier molecular flexibility index (Phi) is 6.09. The van der Waals surface area contributed by atoms with Crippen LogP contribution in [0.3, 0.4) is 0 Å². The molecule has 0 aliphatic heterocycles. The molecule has 2 aromatic carbocycles. The van der Waals surface area contributed by atoms with Crippen molar-refractivity contribution in [2.45, 2.75) is 39.4 Å². The highest BCUT2D eigenvalue weighted by atomic mass is 16.5. The molecule has 0 unspecified atom stereocenters. The van der Waals surface area contributed by atoms with Crippen molar-refractivity contribution in [3.05, 3.63) is 47.8 Å².